The maximum atomic E-state index is 6.15. The quantitative estimate of drug-likeness (QED) is 0.780. The lowest BCUT2D eigenvalue weighted by atomic mass is 9.89. The van der Waals surface area contributed by atoms with E-state index in [0.717, 1.165) is 22.6 Å². The molecule has 4 nitrogen and oxygen atoms in total. The standard InChI is InChI=1S/C12H18N2O2/c1-8-5-10-11(16-4-3-15-10)6-9(8)12(2,14)7-13/h5-6H,3-4,7,13-14H2,1-2H3. The van der Waals surface area contributed by atoms with Crippen molar-refractivity contribution in [1.29, 1.82) is 0 Å². The predicted molar refractivity (Wildman–Crippen MR) is 62.8 cm³/mol. The van der Waals surface area contributed by atoms with Crippen molar-refractivity contribution in [2.24, 2.45) is 11.5 Å². The summed E-state index contributed by atoms with van der Waals surface area (Å²) in [7, 11) is 0. The maximum absolute atomic E-state index is 6.15. The Bertz CT molecular complexity index is 402. The number of benzene rings is 1. The second-order valence-corrected chi connectivity index (χ2v) is 4.43. The molecule has 0 saturated heterocycles. The van der Waals surface area contributed by atoms with Crippen molar-refractivity contribution in [3.8, 4) is 11.5 Å². The number of hydrogen-bond acceptors (Lipinski definition) is 4. The van der Waals surface area contributed by atoms with Gasteiger partial charge in [0, 0.05) is 6.54 Å². The third-order valence-electron chi connectivity index (χ3n) is 2.93. The maximum Gasteiger partial charge on any atom is 0.161 e. The second-order valence-electron chi connectivity index (χ2n) is 4.43. The van der Waals surface area contributed by atoms with Crippen molar-refractivity contribution in [3.05, 3.63) is 23.3 Å². The van der Waals surface area contributed by atoms with Gasteiger partial charge in [-0.05, 0) is 37.1 Å². The molecule has 0 bridgehead atoms. The van der Waals surface area contributed by atoms with Gasteiger partial charge in [-0.3, -0.25) is 0 Å². The number of fused-ring (bicyclic) bond motifs is 1. The Labute approximate surface area is 95.5 Å². The summed E-state index contributed by atoms with van der Waals surface area (Å²) in [6.07, 6.45) is 0. The van der Waals surface area contributed by atoms with E-state index >= 15 is 0 Å². The molecule has 1 aliphatic heterocycles. The Kier molecular flexibility index (Phi) is 2.78. The summed E-state index contributed by atoms with van der Waals surface area (Å²) in [5.41, 5.74) is 13.4. The third kappa shape index (κ3) is 1.86. The summed E-state index contributed by atoms with van der Waals surface area (Å²) < 4.78 is 11.0. The monoisotopic (exact) mass is 222 g/mol. The highest BCUT2D eigenvalue weighted by atomic mass is 16.6. The van der Waals surface area contributed by atoms with Gasteiger partial charge in [0.2, 0.25) is 0 Å². The minimum Gasteiger partial charge on any atom is -0.486 e. The first kappa shape index (κ1) is 11.2. The van der Waals surface area contributed by atoms with Crippen LogP contribution in [0, 0.1) is 6.92 Å². The fourth-order valence-electron chi connectivity index (χ4n) is 1.92. The second kappa shape index (κ2) is 3.96. The van der Waals surface area contributed by atoms with Crippen molar-refractivity contribution in [3.63, 3.8) is 0 Å². The smallest absolute Gasteiger partial charge is 0.161 e. The molecule has 88 valence electrons. The largest absolute Gasteiger partial charge is 0.486 e. The number of hydrogen-bond donors (Lipinski definition) is 2. The predicted octanol–water partition coefficient (Wildman–Crippen LogP) is 0.899. The molecule has 0 aromatic heterocycles. The summed E-state index contributed by atoms with van der Waals surface area (Å²) in [4.78, 5) is 0. The molecular formula is C12H18N2O2. The van der Waals surface area contributed by atoms with Crippen molar-refractivity contribution in [2.45, 2.75) is 19.4 Å². The van der Waals surface area contributed by atoms with Crippen LogP contribution in [0.5, 0.6) is 11.5 Å². The Hall–Kier alpha value is -1.26. The average Bonchev–Trinajstić information content (AvgIpc) is 2.28. The van der Waals surface area contributed by atoms with E-state index in [9.17, 15) is 0 Å². The first-order chi connectivity index (χ1) is 7.54. The summed E-state index contributed by atoms with van der Waals surface area (Å²) in [5.74, 6) is 1.55. The summed E-state index contributed by atoms with van der Waals surface area (Å²) >= 11 is 0. The molecular weight excluding hydrogens is 204 g/mol. The van der Waals surface area contributed by atoms with Crippen LogP contribution >= 0.6 is 0 Å². The molecule has 1 atom stereocenters. The SMILES string of the molecule is Cc1cc2c(cc1C(C)(N)CN)OCCO2. The molecule has 0 spiro atoms. The average molecular weight is 222 g/mol. The molecule has 0 saturated carbocycles. The van der Waals surface area contributed by atoms with Crippen molar-refractivity contribution >= 4 is 0 Å². The Balaban J connectivity index is 2.47. The van der Waals surface area contributed by atoms with Crippen LogP contribution in [0.4, 0.5) is 0 Å². The Morgan fingerprint density at radius 3 is 2.38 bits per heavy atom. The number of rotatable bonds is 2. The van der Waals surface area contributed by atoms with Gasteiger partial charge in [0.15, 0.2) is 11.5 Å². The fourth-order valence-corrected chi connectivity index (χ4v) is 1.92. The van der Waals surface area contributed by atoms with Crippen molar-refractivity contribution < 1.29 is 9.47 Å². The molecule has 1 heterocycles. The number of nitrogens with two attached hydrogens (primary N) is 2. The molecule has 2 rings (SSSR count). The molecule has 4 N–H and O–H groups in total. The molecule has 0 aliphatic carbocycles. The van der Waals surface area contributed by atoms with E-state index in [1.165, 1.54) is 0 Å². The van der Waals surface area contributed by atoms with Crippen LogP contribution in [-0.2, 0) is 5.54 Å². The molecule has 0 radical (unpaired) electrons. The Morgan fingerprint density at radius 1 is 1.25 bits per heavy atom. The van der Waals surface area contributed by atoms with E-state index in [-0.39, 0.29) is 0 Å². The van der Waals surface area contributed by atoms with E-state index in [4.69, 9.17) is 20.9 Å². The highest BCUT2D eigenvalue weighted by Gasteiger charge is 2.24. The topological polar surface area (TPSA) is 70.5 Å². The van der Waals surface area contributed by atoms with Crippen LogP contribution in [-0.4, -0.2) is 19.8 Å². The van der Waals surface area contributed by atoms with Crippen LogP contribution in [0.2, 0.25) is 0 Å². The lowest BCUT2D eigenvalue weighted by Crippen LogP contribution is -2.41. The molecule has 0 fully saturated rings. The zero-order valence-corrected chi connectivity index (χ0v) is 9.75. The molecule has 1 aliphatic rings. The van der Waals surface area contributed by atoms with Gasteiger partial charge < -0.3 is 20.9 Å². The summed E-state index contributed by atoms with van der Waals surface area (Å²) in [5, 5.41) is 0. The first-order valence-corrected chi connectivity index (χ1v) is 5.44. The van der Waals surface area contributed by atoms with Gasteiger partial charge in [0.25, 0.3) is 0 Å². The normalized spacial score (nSPS) is 18.0. The molecule has 0 amide bonds. The molecule has 1 aromatic carbocycles. The van der Waals surface area contributed by atoms with Gasteiger partial charge in [-0.2, -0.15) is 0 Å². The molecule has 1 aromatic rings. The van der Waals surface area contributed by atoms with Crippen LogP contribution in [0.25, 0.3) is 0 Å². The molecule has 16 heavy (non-hydrogen) atoms. The highest BCUT2D eigenvalue weighted by Crippen LogP contribution is 2.35. The minimum absolute atomic E-state index is 0.396. The van der Waals surface area contributed by atoms with E-state index < -0.39 is 5.54 Å². The summed E-state index contributed by atoms with van der Waals surface area (Å²) in [6, 6.07) is 3.90. The van der Waals surface area contributed by atoms with Crippen LogP contribution in [0.15, 0.2) is 12.1 Å². The van der Waals surface area contributed by atoms with E-state index in [1.807, 2.05) is 26.0 Å². The summed E-state index contributed by atoms with van der Waals surface area (Å²) in [6.45, 7) is 5.51. The van der Waals surface area contributed by atoms with Crippen LogP contribution in [0.3, 0.4) is 0 Å². The van der Waals surface area contributed by atoms with Gasteiger partial charge in [0.05, 0.1) is 5.54 Å². The number of ether oxygens (including phenoxy) is 2. The van der Waals surface area contributed by atoms with Gasteiger partial charge in [-0.1, -0.05) is 0 Å². The minimum atomic E-state index is -0.528. The first-order valence-electron chi connectivity index (χ1n) is 5.44. The fraction of sp³-hybridized carbons (Fsp3) is 0.500. The van der Waals surface area contributed by atoms with Gasteiger partial charge in [0.1, 0.15) is 13.2 Å². The van der Waals surface area contributed by atoms with Gasteiger partial charge in [-0.25, -0.2) is 0 Å². The lowest BCUT2D eigenvalue weighted by Gasteiger charge is -2.28. The van der Waals surface area contributed by atoms with E-state index in [0.29, 0.717) is 19.8 Å². The Morgan fingerprint density at radius 2 is 1.81 bits per heavy atom. The lowest BCUT2D eigenvalue weighted by molar-refractivity contribution is 0.171. The molecule has 4 heteroatoms. The van der Waals surface area contributed by atoms with Gasteiger partial charge in [-0.15, -0.1) is 0 Å². The van der Waals surface area contributed by atoms with E-state index in [1.54, 1.807) is 0 Å². The van der Waals surface area contributed by atoms with Crippen LogP contribution in [0.1, 0.15) is 18.1 Å². The van der Waals surface area contributed by atoms with Crippen molar-refractivity contribution in [2.75, 3.05) is 19.8 Å². The number of aryl methyl sites for hydroxylation is 1. The third-order valence-corrected chi connectivity index (χ3v) is 2.93. The van der Waals surface area contributed by atoms with Crippen molar-refractivity contribution in [1.82, 2.24) is 0 Å². The molecule has 1 unspecified atom stereocenters. The van der Waals surface area contributed by atoms with Gasteiger partial charge >= 0.3 is 0 Å². The highest BCUT2D eigenvalue weighted by molar-refractivity contribution is 5.49. The zero-order chi connectivity index (χ0) is 11.8. The van der Waals surface area contributed by atoms with E-state index in [2.05, 4.69) is 0 Å². The van der Waals surface area contributed by atoms with Crippen LogP contribution < -0.4 is 20.9 Å². The zero-order valence-electron chi connectivity index (χ0n) is 9.75.